The van der Waals surface area contributed by atoms with Crippen LogP contribution >= 0.6 is 0 Å². The Morgan fingerprint density at radius 2 is 0.721 bits per heavy atom. The lowest BCUT2D eigenvalue weighted by Gasteiger charge is -2.38. The molecule has 6 heteroatoms. The second-order valence-corrected chi connectivity index (χ2v) is 24.0. The van der Waals surface area contributed by atoms with Crippen LogP contribution in [0.4, 0.5) is 0 Å². The van der Waals surface area contributed by atoms with E-state index in [1.54, 1.807) is 0 Å². The zero-order valence-corrected chi connectivity index (χ0v) is 47.5. The molecule has 68 heavy (non-hydrogen) atoms. The molecule has 6 atom stereocenters. The second kappa shape index (κ2) is 28.1. The highest BCUT2D eigenvalue weighted by Gasteiger charge is 2.36. The normalized spacial score (nSPS) is 19.5. The van der Waals surface area contributed by atoms with E-state index in [9.17, 15) is 9.59 Å². The third kappa shape index (κ3) is 19.0. The molecule has 0 radical (unpaired) electrons. The van der Waals surface area contributed by atoms with Crippen LogP contribution in [0.5, 0.6) is 23.0 Å². The smallest absolute Gasteiger partial charge is 0.308 e. The fraction of sp³-hybridized carbons (Fsp3) is 0.774. The molecule has 6 nitrogen and oxygen atoms in total. The highest BCUT2D eigenvalue weighted by molar-refractivity contribution is 5.73. The van der Waals surface area contributed by atoms with Crippen molar-refractivity contribution in [1.82, 2.24) is 0 Å². The predicted octanol–water partition coefficient (Wildman–Crippen LogP) is 18.1. The zero-order valence-electron chi connectivity index (χ0n) is 47.5. The quantitative estimate of drug-likeness (QED) is 0.0691. The third-order valence-corrected chi connectivity index (χ3v) is 16.2. The molecule has 2 aliphatic rings. The molecule has 2 aromatic carbocycles. The molecule has 0 saturated heterocycles. The van der Waals surface area contributed by atoms with Gasteiger partial charge >= 0.3 is 11.9 Å². The van der Waals surface area contributed by atoms with E-state index >= 15 is 0 Å². The minimum absolute atomic E-state index is 0.107. The minimum atomic E-state index is -0.262. The van der Waals surface area contributed by atoms with Crippen molar-refractivity contribution in [3.05, 3.63) is 44.5 Å². The first-order valence-electron chi connectivity index (χ1n) is 27.9. The Kier molecular flexibility index (Phi) is 24.5. The Balaban J connectivity index is 0.000000360. The first-order valence-corrected chi connectivity index (χ1v) is 27.9. The average Bonchev–Trinajstić information content (AvgIpc) is 3.24. The molecule has 0 saturated carbocycles. The standard InChI is InChI=1S/2C31H52O3/c2*1-21(2)13-10-14-22(3)15-11-16-23(4)17-12-19-31(9)20-18-28-26(7)29(33-27(8)32)24(5)25(6)30(28)34-31/h2*21-23H,10-20H2,1-9H3/t2*22?,23?,31-/m10/s1. The molecular weight excluding hydrogens is 841 g/mol. The largest absolute Gasteiger partial charge is 0.487 e. The van der Waals surface area contributed by atoms with Crippen molar-refractivity contribution in [2.75, 3.05) is 0 Å². The molecule has 0 aromatic heterocycles. The lowest BCUT2D eigenvalue weighted by molar-refractivity contribution is -0.132. The number of esters is 2. The zero-order chi connectivity index (χ0) is 50.9. The summed E-state index contributed by atoms with van der Waals surface area (Å²) in [4.78, 5) is 23.2. The number of fused-ring (bicyclic) bond motifs is 2. The highest BCUT2D eigenvalue weighted by Crippen LogP contribution is 2.47. The highest BCUT2D eigenvalue weighted by atomic mass is 16.5. The Morgan fingerprint density at radius 3 is 1.00 bits per heavy atom. The van der Waals surface area contributed by atoms with Gasteiger partial charge in [-0.25, -0.2) is 0 Å². The van der Waals surface area contributed by atoms with Gasteiger partial charge in [0.05, 0.1) is 0 Å². The number of rotatable bonds is 26. The van der Waals surface area contributed by atoms with Gasteiger partial charge in [0.1, 0.15) is 34.2 Å². The SMILES string of the molecule is CC(=O)Oc1c(C)c(C)c2c(c1C)CC[C@@](C)(CCCC(C)CCCC(C)CCCC(C)C)O2.CC(=O)Oc1c(C)c(C)c2c(c1C)CC[C@](C)(CCCC(C)CCCC(C)CCCC(C)C)O2. The molecule has 2 aromatic rings. The maximum Gasteiger partial charge on any atom is 0.308 e. The van der Waals surface area contributed by atoms with Crippen molar-refractivity contribution in [3.8, 4) is 23.0 Å². The molecular formula is C62H104O6. The van der Waals surface area contributed by atoms with Gasteiger partial charge in [0.25, 0.3) is 0 Å². The lowest BCUT2D eigenvalue weighted by Crippen LogP contribution is -2.37. The molecule has 0 spiro atoms. The Bertz CT molecular complexity index is 1750. The summed E-state index contributed by atoms with van der Waals surface area (Å²) in [6.07, 6.45) is 27.7. The Labute approximate surface area is 419 Å². The molecule has 0 amide bonds. The lowest BCUT2D eigenvalue weighted by atomic mass is 9.83. The number of carbonyl (C=O) groups is 2. The van der Waals surface area contributed by atoms with E-state index in [4.69, 9.17) is 18.9 Å². The van der Waals surface area contributed by atoms with E-state index < -0.39 is 0 Å². The van der Waals surface area contributed by atoms with Crippen molar-refractivity contribution in [2.24, 2.45) is 35.5 Å². The number of hydrogen-bond donors (Lipinski definition) is 0. The molecule has 4 unspecified atom stereocenters. The summed E-state index contributed by atoms with van der Waals surface area (Å²) in [5.74, 6) is 7.98. The van der Waals surface area contributed by atoms with Crippen molar-refractivity contribution in [3.63, 3.8) is 0 Å². The third-order valence-electron chi connectivity index (χ3n) is 16.2. The van der Waals surface area contributed by atoms with Gasteiger partial charge < -0.3 is 18.9 Å². The number of hydrogen-bond acceptors (Lipinski definition) is 6. The van der Waals surface area contributed by atoms with Crippen LogP contribution in [0.15, 0.2) is 0 Å². The molecule has 4 rings (SSSR count). The second-order valence-electron chi connectivity index (χ2n) is 24.0. The number of carbonyl (C=O) groups excluding carboxylic acids is 2. The van der Waals surface area contributed by atoms with E-state index in [1.165, 1.54) is 128 Å². The molecule has 0 N–H and O–H groups in total. The minimum Gasteiger partial charge on any atom is -0.487 e. The first kappa shape index (κ1) is 59.3. The van der Waals surface area contributed by atoms with Crippen LogP contribution in [0.1, 0.15) is 256 Å². The number of benzene rings is 2. The molecule has 0 bridgehead atoms. The van der Waals surface area contributed by atoms with Gasteiger partial charge in [0.2, 0.25) is 0 Å². The van der Waals surface area contributed by atoms with Crippen LogP contribution in [0, 0.1) is 77.0 Å². The molecule has 2 heterocycles. The van der Waals surface area contributed by atoms with Gasteiger partial charge in [-0.15, -0.1) is 0 Å². The topological polar surface area (TPSA) is 71.1 Å². The summed E-state index contributed by atoms with van der Waals surface area (Å²) >= 11 is 0. The van der Waals surface area contributed by atoms with Crippen molar-refractivity contribution in [1.29, 1.82) is 0 Å². The van der Waals surface area contributed by atoms with Crippen molar-refractivity contribution >= 4 is 11.9 Å². The van der Waals surface area contributed by atoms with Crippen LogP contribution < -0.4 is 18.9 Å². The van der Waals surface area contributed by atoms with E-state index in [1.807, 2.05) is 13.8 Å². The van der Waals surface area contributed by atoms with E-state index in [-0.39, 0.29) is 23.1 Å². The van der Waals surface area contributed by atoms with Gasteiger partial charge in [-0.05, 0) is 176 Å². The Morgan fingerprint density at radius 1 is 0.441 bits per heavy atom. The first-order chi connectivity index (χ1) is 31.9. The summed E-state index contributed by atoms with van der Waals surface area (Å²) in [5.41, 5.74) is 8.59. The van der Waals surface area contributed by atoms with Gasteiger partial charge in [0.15, 0.2) is 0 Å². The van der Waals surface area contributed by atoms with Gasteiger partial charge in [0, 0.05) is 25.0 Å². The van der Waals surface area contributed by atoms with E-state index in [2.05, 4.69) is 96.9 Å². The molecule has 0 fully saturated rings. The molecule has 2 aliphatic heterocycles. The fourth-order valence-electron chi connectivity index (χ4n) is 11.1. The average molecular weight is 946 g/mol. The fourth-order valence-corrected chi connectivity index (χ4v) is 11.1. The number of ether oxygens (including phenoxy) is 4. The van der Waals surface area contributed by atoms with Gasteiger partial charge in [-0.2, -0.15) is 0 Å². The van der Waals surface area contributed by atoms with Crippen LogP contribution in [-0.4, -0.2) is 23.1 Å². The maximum absolute atomic E-state index is 11.6. The van der Waals surface area contributed by atoms with Crippen LogP contribution in [0.2, 0.25) is 0 Å². The maximum atomic E-state index is 11.6. The Hall–Kier alpha value is -3.02. The summed E-state index contributed by atoms with van der Waals surface area (Å²) in [6.45, 7) is 38.9. The van der Waals surface area contributed by atoms with Gasteiger partial charge in [-0.1, -0.05) is 145 Å². The predicted molar refractivity (Wildman–Crippen MR) is 288 cm³/mol. The molecule has 388 valence electrons. The summed E-state index contributed by atoms with van der Waals surface area (Å²) in [5, 5.41) is 0. The van der Waals surface area contributed by atoms with Crippen LogP contribution in [0.25, 0.3) is 0 Å². The summed E-state index contributed by atoms with van der Waals surface area (Å²) in [7, 11) is 0. The summed E-state index contributed by atoms with van der Waals surface area (Å²) in [6, 6.07) is 0. The van der Waals surface area contributed by atoms with E-state index in [0.29, 0.717) is 0 Å². The molecule has 0 aliphatic carbocycles. The van der Waals surface area contributed by atoms with Crippen LogP contribution in [0.3, 0.4) is 0 Å². The summed E-state index contributed by atoms with van der Waals surface area (Å²) < 4.78 is 24.5. The van der Waals surface area contributed by atoms with Crippen molar-refractivity contribution in [2.45, 2.75) is 277 Å². The van der Waals surface area contributed by atoms with Gasteiger partial charge in [-0.3, -0.25) is 9.59 Å². The van der Waals surface area contributed by atoms with Crippen molar-refractivity contribution < 1.29 is 28.5 Å². The van der Waals surface area contributed by atoms with E-state index in [0.717, 1.165) is 130 Å². The monoisotopic (exact) mass is 945 g/mol. The van der Waals surface area contributed by atoms with Crippen LogP contribution in [-0.2, 0) is 22.4 Å².